The normalized spacial score (nSPS) is 29.9. The van der Waals surface area contributed by atoms with Crippen LogP contribution in [-0.4, -0.2) is 33.5 Å². The van der Waals surface area contributed by atoms with Crippen LogP contribution in [0.5, 0.6) is 0 Å². The predicted octanol–water partition coefficient (Wildman–Crippen LogP) is 0.390. The average Bonchev–Trinajstić information content (AvgIpc) is 2.60. The maximum atomic E-state index is 10.9. The Balaban J connectivity index is 2.24. The molecule has 1 aliphatic heterocycles. The van der Waals surface area contributed by atoms with Crippen LogP contribution in [0.25, 0.3) is 0 Å². The molecule has 10 heteroatoms. The molecule has 0 radical (unpaired) electrons. The monoisotopic (exact) mass is 262 g/mol. The molecule has 1 heterocycles. The highest BCUT2D eigenvalue weighted by atomic mass is 31.3. The second-order valence-corrected chi connectivity index (χ2v) is 5.87. The van der Waals surface area contributed by atoms with E-state index in [0.717, 1.165) is 0 Å². The van der Waals surface area contributed by atoms with Crippen LogP contribution in [0.1, 0.15) is 13.3 Å². The molecule has 0 bridgehead atoms. The zero-order valence-corrected chi connectivity index (χ0v) is 9.64. The first-order chi connectivity index (χ1) is 6.70. The van der Waals surface area contributed by atoms with Gasteiger partial charge in [0.05, 0.1) is 18.8 Å². The van der Waals surface area contributed by atoms with Crippen LogP contribution in [0, 0.1) is 0 Å². The minimum atomic E-state index is -5.02. The second kappa shape index (κ2) is 4.61. The summed E-state index contributed by atoms with van der Waals surface area (Å²) < 4.78 is 34.0. The summed E-state index contributed by atoms with van der Waals surface area (Å²) in [5, 5.41) is 0. The van der Waals surface area contributed by atoms with Crippen molar-refractivity contribution in [2.75, 3.05) is 6.61 Å². The van der Waals surface area contributed by atoms with E-state index in [1.165, 1.54) is 0 Å². The minimum Gasteiger partial charge on any atom is -0.370 e. The molecule has 0 aromatic heterocycles. The second-order valence-electron chi connectivity index (χ2n) is 3.04. The quantitative estimate of drug-likeness (QED) is 0.463. The molecule has 1 aliphatic rings. The molecule has 1 saturated heterocycles. The summed E-state index contributed by atoms with van der Waals surface area (Å²) in [7, 11) is -9.70. The van der Waals surface area contributed by atoms with Crippen molar-refractivity contribution in [3.8, 4) is 0 Å². The van der Waals surface area contributed by atoms with Crippen molar-refractivity contribution in [2.45, 2.75) is 25.6 Å². The standard InChI is InChI=1S/C5H12O8P2/c1-4-5(12-4)2-3-11-15(9,10)13-14(6,7)8/h4-5H,2-3H2,1H3,(H,9,10)(H2,6,7,8). The highest BCUT2D eigenvalue weighted by molar-refractivity contribution is 7.60. The first-order valence-corrected chi connectivity index (χ1v) is 7.12. The molecule has 1 fully saturated rings. The number of rotatable bonds is 6. The number of phosphoric acid groups is 2. The maximum Gasteiger partial charge on any atom is 0.481 e. The fourth-order valence-corrected chi connectivity index (χ4v) is 2.58. The van der Waals surface area contributed by atoms with Crippen molar-refractivity contribution >= 4 is 15.6 Å². The van der Waals surface area contributed by atoms with Crippen LogP contribution in [0.3, 0.4) is 0 Å². The van der Waals surface area contributed by atoms with Gasteiger partial charge in [0.1, 0.15) is 0 Å². The Labute approximate surface area is 86.0 Å². The third-order valence-electron chi connectivity index (χ3n) is 1.70. The van der Waals surface area contributed by atoms with Crippen LogP contribution >= 0.6 is 15.6 Å². The first kappa shape index (κ1) is 13.3. The lowest BCUT2D eigenvalue weighted by Gasteiger charge is -2.11. The Morgan fingerprint density at radius 3 is 2.27 bits per heavy atom. The van der Waals surface area contributed by atoms with Gasteiger partial charge < -0.3 is 19.4 Å². The molecular formula is C5H12O8P2. The van der Waals surface area contributed by atoms with Gasteiger partial charge in [-0.05, 0) is 6.92 Å². The van der Waals surface area contributed by atoms with Crippen LogP contribution in [0.2, 0.25) is 0 Å². The smallest absolute Gasteiger partial charge is 0.370 e. The number of hydrogen-bond acceptors (Lipinski definition) is 5. The number of ether oxygens (including phenoxy) is 1. The summed E-state index contributed by atoms with van der Waals surface area (Å²) >= 11 is 0. The van der Waals surface area contributed by atoms with E-state index in [0.29, 0.717) is 6.42 Å². The molecule has 0 aliphatic carbocycles. The third-order valence-corrected chi connectivity index (χ3v) is 3.89. The molecule has 1 rings (SSSR count). The van der Waals surface area contributed by atoms with E-state index in [1.54, 1.807) is 0 Å². The van der Waals surface area contributed by atoms with Gasteiger partial charge in [-0.25, -0.2) is 9.13 Å². The van der Waals surface area contributed by atoms with Crippen molar-refractivity contribution in [1.29, 1.82) is 0 Å². The molecule has 3 unspecified atom stereocenters. The molecule has 0 amide bonds. The van der Waals surface area contributed by atoms with Gasteiger partial charge in [-0.1, -0.05) is 0 Å². The molecule has 0 aromatic carbocycles. The highest BCUT2D eigenvalue weighted by Gasteiger charge is 2.36. The topological polar surface area (TPSA) is 126 Å². The van der Waals surface area contributed by atoms with Gasteiger partial charge in [-0.3, -0.25) is 4.52 Å². The minimum absolute atomic E-state index is 0.0277. The number of epoxide rings is 1. The van der Waals surface area contributed by atoms with Crippen LogP contribution in [0.4, 0.5) is 0 Å². The number of phosphoric ester groups is 1. The Kier molecular flexibility index (Phi) is 4.08. The Morgan fingerprint density at radius 2 is 1.87 bits per heavy atom. The lowest BCUT2D eigenvalue weighted by Crippen LogP contribution is -2.00. The van der Waals surface area contributed by atoms with Crippen molar-refractivity contribution < 1.29 is 37.4 Å². The van der Waals surface area contributed by atoms with Crippen LogP contribution < -0.4 is 0 Å². The van der Waals surface area contributed by atoms with Crippen molar-refractivity contribution in [3.05, 3.63) is 0 Å². The zero-order valence-electron chi connectivity index (χ0n) is 7.85. The largest absolute Gasteiger partial charge is 0.481 e. The van der Waals surface area contributed by atoms with E-state index in [1.807, 2.05) is 6.92 Å². The van der Waals surface area contributed by atoms with Gasteiger partial charge in [0.25, 0.3) is 0 Å². The lowest BCUT2D eigenvalue weighted by molar-refractivity contribution is 0.173. The van der Waals surface area contributed by atoms with Gasteiger partial charge in [-0.15, -0.1) is 0 Å². The number of hydrogen-bond donors (Lipinski definition) is 3. The van der Waals surface area contributed by atoms with E-state index >= 15 is 0 Å². The van der Waals surface area contributed by atoms with Gasteiger partial charge >= 0.3 is 15.6 Å². The SMILES string of the molecule is CC1OC1CCOP(=O)(O)OP(=O)(O)O. The van der Waals surface area contributed by atoms with Crippen molar-refractivity contribution in [1.82, 2.24) is 0 Å². The van der Waals surface area contributed by atoms with Gasteiger partial charge in [0.15, 0.2) is 0 Å². The van der Waals surface area contributed by atoms with E-state index < -0.39 is 15.6 Å². The van der Waals surface area contributed by atoms with Crippen LogP contribution in [0.15, 0.2) is 0 Å². The van der Waals surface area contributed by atoms with Gasteiger partial charge in [0, 0.05) is 6.42 Å². The zero-order chi connectivity index (χ0) is 11.7. The summed E-state index contributed by atoms with van der Waals surface area (Å²) in [6, 6.07) is 0. The molecule has 0 spiro atoms. The summed E-state index contributed by atoms with van der Waals surface area (Å²) in [6.45, 7) is 1.66. The van der Waals surface area contributed by atoms with E-state index in [2.05, 4.69) is 8.83 Å². The molecule has 3 atom stereocenters. The molecule has 8 nitrogen and oxygen atoms in total. The average molecular weight is 262 g/mol. The predicted molar refractivity (Wildman–Crippen MR) is 47.9 cm³/mol. The molecule has 90 valence electrons. The molecule has 3 N–H and O–H groups in total. The first-order valence-electron chi connectivity index (χ1n) is 4.09. The van der Waals surface area contributed by atoms with E-state index in [-0.39, 0.29) is 18.8 Å². The lowest BCUT2D eigenvalue weighted by atomic mass is 10.3. The third kappa shape index (κ3) is 5.75. The Hall–Kier alpha value is 0.220. The van der Waals surface area contributed by atoms with Gasteiger partial charge in [0.2, 0.25) is 0 Å². The Morgan fingerprint density at radius 1 is 1.33 bits per heavy atom. The highest BCUT2D eigenvalue weighted by Crippen LogP contribution is 2.57. The van der Waals surface area contributed by atoms with E-state index in [9.17, 15) is 9.13 Å². The molecule has 15 heavy (non-hydrogen) atoms. The summed E-state index contributed by atoms with van der Waals surface area (Å²) in [5.41, 5.74) is 0. The van der Waals surface area contributed by atoms with Crippen LogP contribution in [-0.2, 0) is 22.7 Å². The fourth-order valence-electron chi connectivity index (χ4n) is 0.975. The maximum absolute atomic E-state index is 10.9. The van der Waals surface area contributed by atoms with Crippen molar-refractivity contribution in [3.63, 3.8) is 0 Å². The fraction of sp³-hybridized carbons (Fsp3) is 1.00. The summed E-state index contributed by atoms with van der Waals surface area (Å²) in [4.78, 5) is 25.4. The van der Waals surface area contributed by atoms with Gasteiger partial charge in [-0.2, -0.15) is 4.31 Å². The molecule has 0 aromatic rings. The van der Waals surface area contributed by atoms with Crippen molar-refractivity contribution in [2.24, 2.45) is 0 Å². The summed E-state index contributed by atoms with van der Waals surface area (Å²) in [5.74, 6) is 0. The molecule has 0 saturated carbocycles. The molecular weight excluding hydrogens is 250 g/mol. The Bertz CT molecular complexity index is 310. The summed E-state index contributed by atoms with van der Waals surface area (Å²) in [6.07, 6.45) is 0.436. The van der Waals surface area contributed by atoms with E-state index in [4.69, 9.17) is 19.4 Å².